The summed E-state index contributed by atoms with van der Waals surface area (Å²) in [5.74, 6) is 1.79. The summed E-state index contributed by atoms with van der Waals surface area (Å²) >= 11 is 0. The minimum absolute atomic E-state index is 0.217. The Morgan fingerprint density at radius 1 is 1.04 bits per heavy atom. The maximum absolute atomic E-state index is 5.33. The second-order valence-corrected chi connectivity index (χ2v) is 6.06. The van der Waals surface area contributed by atoms with Gasteiger partial charge in [0.2, 0.25) is 5.82 Å². The third-order valence-electron chi connectivity index (χ3n) is 4.15. The summed E-state index contributed by atoms with van der Waals surface area (Å²) in [6.07, 6.45) is 1.96. The van der Waals surface area contributed by atoms with Gasteiger partial charge in [0.15, 0.2) is 11.5 Å². The molecule has 0 aliphatic carbocycles. The minimum Gasteiger partial charge on any atom is -0.493 e. The highest BCUT2D eigenvalue weighted by Gasteiger charge is 2.13. The van der Waals surface area contributed by atoms with Gasteiger partial charge in [-0.15, -0.1) is 0 Å². The molecule has 136 valence electrons. The molecule has 3 rings (SSSR count). The first-order valence-electron chi connectivity index (χ1n) is 8.56. The van der Waals surface area contributed by atoms with Crippen molar-refractivity contribution in [3.63, 3.8) is 0 Å². The van der Waals surface area contributed by atoms with Gasteiger partial charge in [-0.3, -0.25) is 0 Å². The highest BCUT2D eigenvalue weighted by Crippen LogP contribution is 2.31. The lowest BCUT2D eigenvalue weighted by atomic mass is 10.1. The van der Waals surface area contributed by atoms with Crippen LogP contribution in [-0.2, 0) is 6.42 Å². The Labute approximate surface area is 153 Å². The van der Waals surface area contributed by atoms with Crippen molar-refractivity contribution in [3.8, 4) is 22.9 Å². The van der Waals surface area contributed by atoms with E-state index in [1.54, 1.807) is 14.2 Å². The van der Waals surface area contributed by atoms with E-state index in [9.17, 15) is 0 Å². The highest BCUT2D eigenvalue weighted by atomic mass is 16.5. The Hall–Kier alpha value is -3.02. The largest absolute Gasteiger partial charge is 0.493 e. The number of nitrogens with one attached hydrogen (secondary N) is 1. The zero-order valence-electron chi connectivity index (χ0n) is 15.2. The van der Waals surface area contributed by atoms with Gasteiger partial charge in [0, 0.05) is 11.6 Å². The van der Waals surface area contributed by atoms with Gasteiger partial charge in [0.25, 0.3) is 0 Å². The van der Waals surface area contributed by atoms with E-state index >= 15 is 0 Å². The highest BCUT2D eigenvalue weighted by molar-refractivity contribution is 5.61. The van der Waals surface area contributed by atoms with E-state index in [0.717, 1.165) is 18.4 Å². The van der Waals surface area contributed by atoms with Gasteiger partial charge in [-0.1, -0.05) is 35.5 Å². The lowest BCUT2D eigenvalue weighted by molar-refractivity contribution is 0.355. The molecule has 0 aliphatic rings. The van der Waals surface area contributed by atoms with Gasteiger partial charge in [0.1, 0.15) is 0 Å². The molecule has 0 radical (unpaired) electrons. The molecular formula is C20H23N3O3. The van der Waals surface area contributed by atoms with Crippen molar-refractivity contribution in [2.24, 2.45) is 0 Å². The number of hydrogen-bond donors (Lipinski definition) is 1. The van der Waals surface area contributed by atoms with Gasteiger partial charge < -0.3 is 19.3 Å². The maximum Gasteiger partial charge on any atom is 0.321 e. The number of rotatable bonds is 8. The second-order valence-electron chi connectivity index (χ2n) is 6.06. The number of anilines is 1. The number of methoxy groups -OCH3 is 2. The lowest BCUT2D eigenvalue weighted by Gasteiger charge is -2.11. The van der Waals surface area contributed by atoms with E-state index in [0.29, 0.717) is 23.3 Å². The number of hydrogen-bond acceptors (Lipinski definition) is 6. The molecule has 3 aromatic rings. The summed E-state index contributed by atoms with van der Waals surface area (Å²) in [5, 5.41) is 7.30. The summed E-state index contributed by atoms with van der Waals surface area (Å²) < 4.78 is 15.9. The van der Waals surface area contributed by atoms with Crippen LogP contribution < -0.4 is 14.8 Å². The Morgan fingerprint density at radius 3 is 2.54 bits per heavy atom. The molecule has 0 unspecified atom stereocenters. The Morgan fingerprint density at radius 2 is 1.81 bits per heavy atom. The molecule has 0 spiro atoms. The molecule has 0 amide bonds. The van der Waals surface area contributed by atoms with E-state index < -0.39 is 0 Å². The molecule has 0 aliphatic heterocycles. The van der Waals surface area contributed by atoms with E-state index in [2.05, 4.69) is 46.6 Å². The summed E-state index contributed by atoms with van der Waals surface area (Å²) in [4.78, 5) is 4.42. The van der Waals surface area contributed by atoms with Crippen LogP contribution in [0.4, 0.5) is 6.01 Å². The van der Waals surface area contributed by atoms with E-state index in [-0.39, 0.29) is 6.04 Å². The molecule has 6 heteroatoms. The number of benzene rings is 2. The monoisotopic (exact) mass is 353 g/mol. The Kier molecular flexibility index (Phi) is 5.73. The van der Waals surface area contributed by atoms with E-state index in [1.165, 1.54) is 5.56 Å². The smallest absolute Gasteiger partial charge is 0.321 e. The van der Waals surface area contributed by atoms with Crippen molar-refractivity contribution in [1.29, 1.82) is 0 Å². The summed E-state index contributed by atoms with van der Waals surface area (Å²) in [7, 11) is 3.20. The van der Waals surface area contributed by atoms with Crippen LogP contribution in [0.5, 0.6) is 11.5 Å². The zero-order valence-corrected chi connectivity index (χ0v) is 15.2. The summed E-state index contributed by atoms with van der Waals surface area (Å²) in [6.45, 7) is 2.10. The van der Waals surface area contributed by atoms with Crippen molar-refractivity contribution >= 4 is 6.01 Å². The van der Waals surface area contributed by atoms with Crippen molar-refractivity contribution in [2.75, 3.05) is 19.5 Å². The normalized spacial score (nSPS) is 11.8. The fourth-order valence-corrected chi connectivity index (χ4v) is 2.69. The molecule has 1 aromatic heterocycles. The standard InChI is InChI=1S/C20H23N3O3/c1-14(9-10-15-7-5-4-6-8-15)21-20-22-19(23-26-20)16-11-12-17(24-2)18(13-16)25-3/h4-8,11-14H,9-10H2,1-3H3,(H,21,22,23)/t14-/m0/s1. The topological polar surface area (TPSA) is 69.4 Å². The van der Waals surface area contributed by atoms with Crippen LogP contribution in [0.25, 0.3) is 11.4 Å². The van der Waals surface area contributed by atoms with Crippen LogP contribution in [0, 0.1) is 0 Å². The van der Waals surface area contributed by atoms with Crippen LogP contribution in [0.2, 0.25) is 0 Å². The summed E-state index contributed by atoms with van der Waals surface area (Å²) in [6, 6.07) is 16.6. The molecule has 1 heterocycles. The predicted octanol–water partition coefficient (Wildman–Crippen LogP) is 4.19. The van der Waals surface area contributed by atoms with Crippen molar-refractivity contribution < 1.29 is 14.0 Å². The molecule has 1 N–H and O–H groups in total. The molecular weight excluding hydrogens is 330 g/mol. The predicted molar refractivity (Wildman–Crippen MR) is 101 cm³/mol. The van der Waals surface area contributed by atoms with Crippen LogP contribution in [0.15, 0.2) is 53.1 Å². The van der Waals surface area contributed by atoms with Gasteiger partial charge >= 0.3 is 6.01 Å². The Bertz CT molecular complexity index is 833. The van der Waals surface area contributed by atoms with Gasteiger partial charge in [0.05, 0.1) is 14.2 Å². The first kappa shape index (κ1) is 17.8. The molecule has 26 heavy (non-hydrogen) atoms. The third kappa shape index (κ3) is 4.33. The molecule has 0 saturated carbocycles. The van der Waals surface area contributed by atoms with Crippen LogP contribution >= 0.6 is 0 Å². The fraction of sp³-hybridized carbons (Fsp3) is 0.300. The average molecular weight is 353 g/mol. The first-order valence-corrected chi connectivity index (χ1v) is 8.56. The Balaban J connectivity index is 1.62. The van der Waals surface area contributed by atoms with Crippen LogP contribution in [0.3, 0.4) is 0 Å². The van der Waals surface area contributed by atoms with Gasteiger partial charge in [-0.2, -0.15) is 4.98 Å². The molecule has 2 aromatic carbocycles. The molecule has 6 nitrogen and oxygen atoms in total. The van der Waals surface area contributed by atoms with Crippen molar-refractivity contribution in [3.05, 3.63) is 54.1 Å². The number of ether oxygens (including phenoxy) is 2. The van der Waals surface area contributed by atoms with E-state index in [1.807, 2.05) is 24.3 Å². The zero-order chi connectivity index (χ0) is 18.4. The lowest BCUT2D eigenvalue weighted by Crippen LogP contribution is -2.16. The van der Waals surface area contributed by atoms with E-state index in [4.69, 9.17) is 14.0 Å². The molecule has 1 atom stereocenters. The minimum atomic E-state index is 0.217. The second kappa shape index (κ2) is 8.38. The molecule has 0 bridgehead atoms. The molecule has 0 saturated heterocycles. The quantitative estimate of drug-likeness (QED) is 0.655. The number of aromatic nitrogens is 2. The SMILES string of the molecule is COc1ccc(-c2noc(N[C@@H](C)CCc3ccccc3)n2)cc1OC. The number of aryl methyl sites for hydroxylation is 1. The maximum atomic E-state index is 5.33. The summed E-state index contributed by atoms with van der Waals surface area (Å²) in [5.41, 5.74) is 2.12. The third-order valence-corrected chi connectivity index (χ3v) is 4.15. The first-order chi connectivity index (χ1) is 12.7. The molecule has 0 fully saturated rings. The van der Waals surface area contributed by atoms with Crippen molar-refractivity contribution in [2.45, 2.75) is 25.8 Å². The van der Waals surface area contributed by atoms with Crippen LogP contribution in [0.1, 0.15) is 18.9 Å². The van der Waals surface area contributed by atoms with Crippen LogP contribution in [-0.4, -0.2) is 30.4 Å². The number of nitrogens with zero attached hydrogens (tertiary/aromatic N) is 2. The average Bonchev–Trinajstić information content (AvgIpc) is 3.15. The fourth-order valence-electron chi connectivity index (χ4n) is 2.69. The van der Waals surface area contributed by atoms with Gasteiger partial charge in [-0.05, 0) is 43.5 Å². The van der Waals surface area contributed by atoms with Gasteiger partial charge in [-0.25, -0.2) is 0 Å². The van der Waals surface area contributed by atoms with Crippen molar-refractivity contribution in [1.82, 2.24) is 10.1 Å².